The number of halogens is 1. The molecule has 0 bridgehead atoms. The molecule has 0 radical (unpaired) electrons. The first-order valence-corrected chi connectivity index (χ1v) is 4.69. The van der Waals surface area contributed by atoms with Crippen LogP contribution in [0.15, 0.2) is 18.2 Å². The van der Waals surface area contributed by atoms with Crippen molar-refractivity contribution >= 4 is 5.78 Å². The molecule has 0 spiro atoms. The summed E-state index contributed by atoms with van der Waals surface area (Å²) in [5, 5.41) is 8.51. The molecule has 0 fully saturated rings. The Labute approximate surface area is 87.5 Å². The first-order chi connectivity index (χ1) is 7.15. The second kappa shape index (κ2) is 5.46. The van der Waals surface area contributed by atoms with E-state index in [1.165, 1.54) is 19.1 Å². The van der Waals surface area contributed by atoms with Crippen LogP contribution in [0.5, 0.6) is 5.75 Å². The summed E-state index contributed by atoms with van der Waals surface area (Å²) in [6.45, 7) is 1.64. The van der Waals surface area contributed by atoms with Crippen molar-refractivity contribution in [3.63, 3.8) is 0 Å². The number of carbonyl (C=O) groups is 1. The molecule has 0 aliphatic heterocycles. The zero-order valence-electron chi connectivity index (χ0n) is 8.50. The maximum Gasteiger partial charge on any atom is 0.165 e. The zero-order chi connectivity index (χ0) is 11.3. The molecule has 4 heteroatoms. The van der Waals surface area contributed by atoms with E-state index in [2.05, 4.69) is 0 Å². The summed E-state index contributed by atoms with van der Waals surface area (Å²) < 4.78 is 18.4. The number of carbonyl (C=O) groups excluding carboxylic acids is 1. The van der Waals surface area contributed by atoms with Gasteiger partial charge in [-0.2, -0.15) is 0 Å². The first kappa shape index (κ1) is 11.7. The number of ether oxygens (including phenoxy) is 1. The molecule has 0 unspecified atom stereocenters. The highest BCUT2D eigenvalue weighted by Gasteiger charge is 2.06. The fourth-order valence-corrected chi connectivity index (χ4v) is 1.08. The third kappa shape index (κ3) is 3.32. The second-order valence-electron chi connectivity index (χ2n) is 3.13. The van der Waals surface area contributed by atoms with Crippen molar-refractivity contribution in [3.8, 4) is 5.75 Å². The van der Waals surface area contributed by atoms with E-state index in [0.29, 0.717) is 12.0 Å². The van der Waals surface area contributed by atoms with Gasteiger partial charge in [-0.1, -0.05) is 0 Å². The van der Waals surface area contributed by atoms with E-state index in [4.69, 9.17) is 9.84 Å². The van der Waals surface area contributed by atoms with Crippen molar-refractivity contribution in [1.29, 1.82) is 0 Å². The molecular weight excluding hydrogens is 199 g/mol. The van der Waals surface area contributed by atoms with E-state index in [9.17, 15) is 9.18 Å². The minimum absolute atomic E-state index is 0.00709. The van der Waals surface area contributed by atoms with Crippen LogP contribution >= 0.6 is 0 Å². The number of aliphatic hydroxyl groups is 1. The molecule has 0 saturated heterocycles. The van der Waals surface area contributed by atoms with Gasteiger partial charge in [0.15, 0.2) is 17.3 Å². The lowest BCUT2D eigenvalue weighted by atomic mass is 10.1. The van der Waals surface area contributed by atoms with Crippen LogP contribution in [0, 0.1) is 5.82 Å². The highest BCUT2D eigenvalue weighted by molar-refractivity contribution is 5.94. The number of aliphatic hydroxyl groups excluding tert-OH is 1. The van der Waals surface area contributed by atoms with E-state index in [1.807, 2.05) is 0 Å². The standard InChI is InChI=1S/C11H13FO3/c1-8(14)9-3-4-11(10(12)7-9)15-6-2-5-13/h3-4,7,13H,2,5-6H2,1H3. The minimum Gasteiger partial charge on any atom is -0.490 e. The van der Waals surface area contributed by atoms with Crippen LogP contribution in [-0.2, 0) is 0 Å². The van der Waals surface area contributed by atoms with Crippen molar-refractivity contribution in [3.05, 3.63) is 29.6 Å². The maximum atomic E-state index is 13.3. The van der Waals surface area contributed by atoms with Crippen LogP contribution < -0.4 is 4.74 Å². The van der Waals surface area contributed by atoms with Crippen LogP contribution in [0.3, 0.4) is 0 Å². The van der Waals surface area contributed by atoms with Gasteiger partial charge in [0.2, 0.25) is 0 Å². The topological polar surface area (TPSA) is 46.5 Å². The fraction of sp³-hybridized carbons (Fsp3) is 0.364. The summed E-state index contributed by atoms with van der Waals surface area (Å²) >= 11 is 0. The Morgan fingerprint density at radius 3 is 2.80 bits per heavy atom. The van der Waals surface area contributed by atoms with Gasteiger partial charge in [0.25, 0.3) is 0 Å². The van der Waals surface area contributed by atoms with Crippen molar-refractivity contribution in [2.24, 2.45) is 0 Å². The third-order valence-electron chi connectivity index (χ3n) is 1.90. The maximum absolute atomic E-state index is 13.3. The summed E-state index contributed by atoms with van der Waals surface area (Å²) in [5.74, 6) is -0.634. The van der Waals surface area contributed by atoms with Gasteiger partial charge < -0.3 is 9.84 Å². The van der Waals surface area contributed by atoms with Crippen molar-refractivity contribution in [2.75, 3.05) is 13.2 Å². The Bertz CT molecular complexity index is 350. The van der Waals surface area contributed by atoms with E-state index >= 15 is 0 Å². The molecule has 0 heterocycles. The van der Waals surface area contributed by atoms with Gasteiger partial charge in [0, 0.05) is 18.6 Å². The smallest absolute Gasteiger partial charge is 0.165 e. The van der Waals surface area contributed by atoms with Gasteiger partial charge in [-0.3, -0.25) is 4.79 Å². The number of rotatable bonds is 5. The molecule has 0 aliphatic rings. The molecule has 1 aromatic carbocycles. The van der Waals surface area contributed by atoms with Gasteiger partial charge in [-0.25, -0.2) is 4.39 Å². The van der Waals surface area contributed by atoms with Gasteiger partial charge in [0.1, 0.15) is 0 Å². The molecule has 82 valence electrons. The normalized spacial score (nSPS) is 10.1. The van der Waals surface area contributed by atoms with Crippen LogP contribution in [0.25, 0.3) is 0 Å². The van der Waals surface area contributed by atoms with E-state index in [1.54, 1.807) is 0 Å². The SMILES string of the molecule is CC(=O)c1ccc(OCCCO)c(F)c1. The lowest BCUT2D eigenvalue weighted by Gasteiger charge is -2.06. The lowest BCUT2D eigenvalue weighted by molar-refractivity contribution is 0.101. The molecule has 1 aromatic rings. The summed E-state index contributed by atoms with van der Waals surface area (Å²) in [7, 11) is 0. The van der Waals surface area contributed by atoms with E-state index in [-0.39, 0.29) is 24.7 Å². The third-order valence-corrected chi connectivity index (χ3v) is 1.90. The molecule has 0 amide bonds. The van der Waals surface area contributed by atoms with Crippen molar-refractivity contribution in [1.82, 2.24) is 0 Å². The number of benzene rings is 1. The summed E-state index contributed by atoms with van der Waals surface area (Å²) in [5.41, 5.74) is 0.321. The van der Waals surface area contributed by atoms with Crippen molar-refractivity contribution in [2.45, 2.75) is 13.3 Å². The molecule has 15 heavy (non-hydrogen) atoms. The number of hydrogen-bond donors (Lipinski definition) is 1. The van der Waals surface area contributed by atoms with Gasteiger partial charge in [0.05, 0.1) is 6.61 Å². The Kier molecular flexibility index (Phi) is 4.24. The monoisotopic (exact) mass is 212 g/mol. The number of Topliss-reactive ketones (excluding diaryl/α,β-unsaturated/α-hetero) is 1. The number of hydrogen-bond acceptors (Lipinski definition) is 3. The Hall–Kier alpha value is -1.42. The predicted molar refractivity (Wildman–Crippen MR) is 53.6 cm³/mol. The van der Waals surface area contributed by atoms with E-state index in [0.717, 1.165) is 6.07 Å². The van der Waals surface area contributed by atoms with Crippen LogP contribution in [0.2, 0.25) is 0 Å². The first-order valence-electron chi connectivity index (χ1n) is 4.69. The quantitative estimate of drug-likeness (QED) is 0.598. The largest absolute Gasteiger partial charge is 0.490 e. The van der Waals surface area contributed by atoms with Gasteiger partial charge in [-0.05, 0) is 25.1 Å². The van der Waals surface area contributed by atoms with Gasteiger partial charge >= 0.3 is 0 Å². The molecular formula is C11H13FO3. The molecule has 0 saturated carbocycles. The molecule has 1 N–H and O–H groups in total. The Morgan fingerprint density at radius 2 is 2.27 bits per heavy atom. The Morgan fingerprint density at radius 1 is 1.53 bits per heavy atom. The van der Waals surface area contributed by atoms with Crippen LogP contribution in [0.1, 0.15) is 23.7 Å². The van der Waals surface area contributed by atoms with Crippen LogP contribution in [-0.4, -0.2) is 24.1 Å². The van der Waals surface area contributed by atoms with E-state index < -0.39 is 5.82 Å². The average Bonchev–Trinajstić information content (AvgIpc) is 2.20. The molecule has 0 atom stereocenters. The predicted octanol–water partition coefficient (Wildman–Crippen LogP) is 1.79. The molecule has 0 aliphatic carbocycles. The highest BCUT2D eigenvalue weighted by atomic mass is 19.1. The molecule has 3 nitrogen and oxygen atoms in total. The van der Waals surface area contributed by atoms with Crippen LogP contribution in [0.4, 0.5) is 4.39 Å². The lowest BCUT2D eigenvalue weighted by Crippen LogP contribution is -2.02. The summed E-state index contributed by atoms with van der Waals surface area (Å²) in [6.07, 6.45) is 0.452. The molecule has 1 rings (SSSR count). The van der Waals surface area contributed by atoms with Crippen molar-refractivity contribution < 1.29 is 19.0 Å². The number of ketones is 1. The second-order valence-corrected chi connectivity index (χ2v) is 3.13. The zero-order valence-corrected chi connectivity index (χ0v) is 8.50. The minimum atomic E-state index is -0.555. The summed E-state index contributed by atoms with van der Waals surface area (Å²) in [6, 6.07) is 4.08. The highest BCUT2D eigenvalue weighted by Crippen LogP contribution is 2.18. The summed E-state index contributed by atoms with van der Waals surface area (Å²) in [4.78, 5) is 10.9. The fourth-order valence-electron chi connectivity index (χ4n) is 1.08. The molecule has 0 aromatic heterocycles. The Balaban J connectivity index is 2.70. The van der Waals surface area contributed by atoms with Gasteiger partial charge in [-0.15, -0.1) is 0 Å². The average molecular weight is 212 g/mol.